The van der Waals surface area contributed by atoms with Crippen molar-refractivity contribution in [3.05, 3.63) is 48.7 Å². The minimum atomic E-state index is -0.514. The van der Waals surface area contributed by atoms with Gasteiger partial charge in [0.05, 0.1) is 6.04 Å². The quantitative estimate of drug-likeness (QED) is 0.803. The molecule has 3 N–H and O–H groups in total. The van der Waals surface area contributed by atoms with Crippen LogP contribution in [0.1, 0.15) is 20.3 Å². The standard InChI is InChI=1S/C17H21N3O2.2ClH/c1-12(2)10-15(18)17(21)20-13-6-5-7-14(11-13)22-16-8-3-4-9-19-16;;/h3-9,11-12,15H,10,18H2,1-2H3,(H,20,21);2*1H/t15-;;/m0../s1. The molecule has 1 aromatic heterocycles. The first-order valence-corrected chi connectivity index (χ1v) is 7.30. The Morgan fingerprint density at radius 1 is 1.21 bits per heavy atom. The minimum absolute atomic E-state index is 0. The number of benzene rings is 1. The van der Waals surface area contributed by atoms with Gasteiger partial charge in [-0.25, -0.2) is 4.98 Å². The number of hydrogen-bond donors (Lipinski definition) is 2. The first kappa shape index (κ1) is 22.2. The number of anilines is 1. The second kappa shape index (κ2) is 10.9. The summed E-state index contributed by atoms with van der Waals surface area (Å²) >= 11 is 0. The van der Waals surface area contributed by atoms with Crippen LogP contribution < -0.4 is 15.8 Å². The van der Waals surface area contributed by atoms with Crippen molar-refractivity contribution in [3.8, 4) is 11.6 Å². The highest BCUT2D eigenvalue weighted by atomic mass is 35.5. The molecule has 2 aromatic rings. The third kappa shape index (κ3) is 7.17. The van der Waals surface area contributed by atoms with Crippen molar-refractivity contribution >= 4 is 36.4 Å². The van der Waals surface area contributed by atoms with E-state index in [0.717, 1.165) is 0 Å². The van der Waals surface area contributed by atoms with Crippen LogP contribution in [-0.4, -0.2) is 16.9 Å². The lowest BCUT2D eigenvalue weighted by atomic mass is 10.0. The maximum Gasteiger partial charge on any atom is 0.241 e. The second-order valence-electron chi connectivity index (χ2n) is 5.52. The monoisotopic (exact) mass is 371 g/mol. The van der Waals surface area contributed by atoms with Crippen molar-refractivity contribution in [3.63, 3.8) is 0 Å². The summed E-state index contributed by atoms with van der Waals surface area (Å²) in [5.41, 5.74) is 6.52. The average Bonchev–Trinajstić information content (AvgIpc) is 2.48. The molecule has 0 radical (unpaired) electrons. The van der Waals surface area contributed by atoms with E-state index in [1.807, 2.05) is 32.0 Å². The van der Waals surface area contributed by atoms with Crippen molar-refractivity contribution in [2.75, 3.05) is 5.32 Å². The molecule has 7 heteroatoms. The fourth-order valence-corrected chi connectivity index (χ4v) is 2.02. The van der Waals surface area contributed by atoms with E-state index in [1.165, 1.54) is 0 Å². The van der Waals surface area contributed by atoms with Gasteiger partial charge >= 0.3 is 0 Å². The van der Waals surface area contributed by atoms with E-state index in [1.54, 1.807) is 30.5 Å². The molecule has 5 nitrogen and oxygen atoms in total. The lowest BCUT2D eigenvalue weighted by molar-refractivity contribution is -0.117. The molecule has 0 saturated heterocycles. The summed E-state index contributed by atoms with van der Waals surface area (Å²) in [5.74, 6) is 1.29. The van der Waals surface area contributed by atoms with Crippen LogP contribution >= 0.6 is 24.8 Å². The fourth-order valence-electron chi connectivity index (χ4n) is 2.02. The first-order chi connectivity index (χ1) is 10.5. The number of carbonyl (C=O) groups excluding carboxylic acids is 1. The molecule has 0 unspecified atom stereocenters. The van der Waals surface area contributed by atoms with Crippen molar-refractivity contribution in [2.45, 2.75) is 26.3 Å². The highest BCUT2D eigenvalue weighted by molar-refractivity contribution is 5.94. The Bertz CT molecular complexity index is 624. The molecule has 0 spiro atoms. The van der Waals surface area contributed by atoms with E-state index in [2.05, 4.69) is 10.3 Å². The van der Waals surface area contributed by atoms with Crippen LogP contribution in [0, 0.1) is 5.92 Å². The second-order valence-corrected chi connectivity index (χ2v) is 5.52. The van der Waals surface area contributed by atoms with Gasteiger partial charge in [0.2, 0.25) is 11.8 Å². The number of halogens is 2. The molecule has 24 heavy (non-hydrogen) atoms. The Kier molecular flexibility index (Phi) is 10.0. The molecule has 1 aromatic carbocycles. The molecule has 0 aliphatic heterocycles. The van der Waals surface area contributed by atoms with Gasteiger partial charge in [-0.05, 0) is 30.5 Å². The zero-order chi connectivity index (χ0) is 15.9. The van der Waals surface area contributed by atoms with Gasteiger partial charge in [-0.1, -0.05) is 26.0 Å². The Morgan fingerprint density at radius 3 is 2.58 bits per heavy atom. The summed E-state index contributed by atoms with van der Waals surface area (Å²) in [6, 6.07) is 12.1. The zero-order valence-electron chi connectivity index (χ0n) is 13.6. The van der Waals surface area contributed by atoms with Crippen LogP contribution in [0.5, 0.6) is 11.6 Å². The van der Waals surface area contributed by atoms with E-state index in [0.29, 0.717) is 29.7 Å². The van der Waals surface area contributed by atoms with E-state index in [9.17, 15) is 4.79 Å². The molecular weight excluding hydrogens is 349 g/mol. The van der Waals surface area contributed by atoms with E-state index < -0.39 is 6.04 Å². The van der Waals surface area contributed by atoms with Crippen molar-refractivity contribution in [1.82, 2.24) is 4.98 Å². The highest BCUT2D eigenvalue weighted by Gasteiger charge is 2.15. The molecular formula is C17H23Cl2N3O2. The molecule has 0 saturated carbocycles. The Hall–Kier alpha value is -1.82. The van der Waals surface area contributed by atoms with Crippen LogP contribution in [0.15, 0.2) is 48.7 Å². The Labute approximate surface area is 154 Å². The fraction of sp³-hybridized carbons (Fsp3) is 0.294. The minimum Gasteiger partial charge on any atom is -0.439 e. The molecule has 1 amide bonds. The summed E-state index contributed by atoms with van der Waals surface area (Å²) in [5, 5.41) is 2.81. The molecule has 0 bridgehead atoms. The predicted molar refractivity (Wildman–Crippen MR) is 101 cm³/mol. The molecule has 2 rings (SSSR count). The van der Waals surface area contributed by atoms with Gasteiger partial charge in [0, 0.05) is 24.0 Å². The maximum absolute atomic E-state index is 12.0. The van der Waals surface area contributed by atoms with E-state index in [4.69, 9.17) is 10.5 Å². The van der Waals surface area contributed by atoms with E-state index in [-0.39, 0.29) is 30.7 Å². The number of rotatable bonds is 6. The summed E-state index contributed by atoms with van der Waals surface area (Å²) in [7, 11) is 0. The van der Waals surface area contributed by atoms with Crippen LogP contribution in [0.3, 0.4) is 0 Å². The first-order valence-electron chi connectivity index (χ1n) is 7.30. The van der Waals surface area contributed by atoms with E-state index >= 15 is 0 Å². The number of amides is 1. The number of pyridine rings is 1. The third-order valence-corrected chi connectivity index (χ3v) is 3.02. The summed E-state index contributed by atoms with van der Waals surface area (Å²) in [6.07, 6.45) is 2.31. The molecule has 132 valence electrons. The van der Waals surface area contributed by atoms with Gasteiger partial charge < -0.3 is 15.8 Å². The van der Waals surface area contributed by atoms with Gasteiger partial charge in [0.1, 0.15) is 5.75 Å². The van der Waals surface area contributed by atoms with Crippen molar-refractivity contribution < 1.29 is 9.53 Å². The lowest BCUT2D eigenvalue weighted by Gasteiger charge is -2.14. The Morgan fingerprint density at radius 2 is 1.96 bits per heavy atom. The summed E-state index contributed by atoms with van der Waals surface area (Å²) in [6.45, 7) is 4.07. The number of carbonyl (C=O) groups is 1. The zero-order valence-corrected chi connectivity index (χ0v) is 15.3. The lowest BCUT2D eigenvalue weighted by Crippen LogP contribution is -2.36. The summed E-state index contributed by atoms with van der Waals surface area (Å²) < 4.78 is 5.63. The van der Waals surface area contributed by atoms with Crippen LogP contribution in [0.25, 0.3) is 0 Å². The van der Waals surface area contributed by atoms with Gasteiger partial charge in [0.25, 0.3) is 0 Å². The highest BCUT2D eigenvalue weighted by Crippen LogP contribution is 2.22. The van der Waals surface area contributed by atoms with Crippen molar-refractivity contribution in [2.24, 2.45) is 11.7 Å². The van der Waals surface area contributed by atoms with Crippen LogP contribution in [-0.2, 0) is 4.79 Å². The average molecular weight is 372 g/mol. The number of nitrogens with zero attached hydrogens (tertiary/aromatic N) is 1. The van der Waals surface area contributed by atoms with Gasteiger partial charge in [-0.3, -0.25) is 4.79 Å². The molecule has 0 aliphatic carbocycles. The number of hydrogen-bond acceptors (Lipinski definition) is 4. The predicted octanol–water partition coefficient (Wildman–Crippen LogP) is 4.03. The molecule has 0 fully saturated rings. The topological polar surface area (TPSA) is 77.2 Å². The van der Waals surface area contributed by atoms with Gasteiger partial charge in [-0.15, -0.1) is 24.8 Å². The number of ether oxygens (including phenoxy) is 1. The van der Waals surface area contributed by atoms with Crippen molar-refractivity contribution in [1.29, 1.82) is 0 Å². The smallest absolute Gasteiger partial charge is 0.241 e. The normalized spacial score (nSPS) is 11.0. The number of nitrogens with one attached hydrogen (secondary N) is 1. The van der Waals surface area contributed by atoms with Gasteiger partial charge in [-0.2, -0.15) is 0 Å². The maximum atomic E-state index is 12.0. The molecule has 1 heterocycles. The third-order valence-electron chi connectivity index (χ3n) is 3.02. The molecule has 1 atom stereocenters. The summed E-state index contributed by atoms with van der Waals surface area (Å²) in [4.78, 5) is 16.1. The largest absolute Gasteiger partial charge is 0.439 e. The number of nitrogens with two attached hydrogens (primary N) is 1. The number of aromatic nitrogens is 1. The van der Waals surface area contributed by atoms with Gasteiger partial charge in [0.15, 0.2) is 0 Å². The molecule has 0 aliphatic rings. The Balaban J connectivity index is 0.00000264. The van der Waals surface area contributed by atoms with Crippen LogP contribution in [0.2, 0.25) is 0 Å². The SMILES string of the molecule is CC(C)C[C@H](N)C(=O)Nc1cccc(Oc2ccccn2)c1.Cl.Cl. The van der Waals surface area contributed by atoms with Crippen LogP contribution in [0.4, 0.5) is 5.69 Å².